The van der Waals surface area contributed by atoms with Crippen LogP contribution in [-0.4, -0.2) is 0 Å². The fourth-order valence-electron chi connectivity index (χ4n) is 1.18. The first-order valence-electron chi connectivity index (χ1n) is 5.97. The molecular weight excluding hydrogens is 180 g/mol. The molecule has 0 heteroatoms. The maximum atomic E-state index is 3.67. The third-order valence-corrected chi connectivity index (χ3v) is 2.03. The second-order valence-electron chi connectivity index (χ2n) is 3.54. The van der Waals surface area contributed by atoms with Crippen molar-refractivity contribution in [2.24, 2.45) is 0 Å². The number of unbranched alkanes of at least 4 members (excludes halogenated alkanes) is 2. The molecule has 0 saturated heterocycles. The SMILES string of the molecule is C=CCC=CCC=CCCC=CCCC. The maximum absolute atomic E-state index is 3.67. The fourth-order valence-corrected chi connectivity index (χ4v) is 1.18. The summed E-state index contributed by atoms with van der Waals surface area (Å²) in [4.78, 5) is 0. The minimum Gasteiger partial charge on any atom is -0.103 e. The first kappa shape index (κ1) is 14.0. The van der Waals surface area contributed by atoms with Crippen molar-refractivity contribution in [2.75, 3.05) is 0 Å². The average molecular weight is 204 g/mol. The van der Waals surface area contributed by atoms with Crippen LogP contribution >= 0.6 is 0 Å². The first-order chi connectivity index (χ1) is 7.41. The predicted molar refractivity (Wildman–Crippen MR) is 71.0 cm³/mol. The Labute approximate surface area is 95.1 Å². The van der Waals surface area contributed by atoms with E-state index >= 15 is 0 Å². The third kappa shape index (κ3) is 13.0. The van der Waals surface area contributed by atoms with E-state index in [4.69, 9.17) is 0 Å². The highest BCUT2D eigenvalue weighted by atomic mass is 13.8. The highest BCUT2D eigenvalue weighted by molar-refractivity contribution is 4.96. The minimum absolute atomic E-state index is 0.980. The van der Waals surface area contributed by atoms with Crippen LogP contribution in [0.25, 0.3) is 0 Å². The van der Waals surface area contributed by atoms with E-state index in [1.807, 2.05) is 6.08 Å². The molecule has 0 aromatic rings. The van der Waals surface area contributed by atoms with E-state index in [1.165, 1.54) is 19.3 Å². The molecular formula is C15H24. The van der Waals surface area contributed by atoms with Crippen LogP contribution in [0.3, 0.4) is 0 Å². The van der Waals surface area contributed by atoms with E-state index in [-0.39, 0.29) is 0 Å². The molecule has 0 rings (SSSR count). The van der Waals surface area contributed by atoms with Gasteiger partial charge in [-0.05, 0) is 32.1 Å². The summed E-state index contributed by atoms with van der Waals surface area (Å²) >= 11 is 0. The van der Waals surface area contributed by atoms with Crippen molar-refractivity contribution < 1.29 is 0 Å². The zero-order valence-corrected chi connectivity index (χ0v) is 9.99. The molecule has 0 unspecified atom stereocenters. The molecule has 0 fully saturated rings. The highest BCUT2D eigenvalue weighted by Crippen LogP contribution is 1.97. The van der Waals surface area contributed by atoms with Crippen LogP contribution in [0.15, 0.2) is 49.1 Å². The Bertz CT molecular complexity index is 206. The summed E-state index contributed by atoms with van der Waals surface area (Å²) in [6, 6.07) is 0. The second-order valence-corrected chi connectivity index (χ2v) is 3.54. The highest BCUT2D eigenvalue weighted by Gasteiger charge is 1.77. The van der Waals surface area contributed by atoms with E-state index in [9.17, 15) is 0 Å². The van der Waals surface area contributed by atoms with Crippen molar-refractivity contribution in [1.29, 1.82) is 0 Å². The monoisotopic (exact) mass is 204 g/mol. The number of hydrogen-bond acceptors (Lipinski definition) is 0. The third-order valence-electron chi connectivity index (χ3n) is 2.03. The molecule has 0 spiro atoms. The average Bonchev–Trinajstić information content (AvgIpc) is 2.26. The molecule has 0 radical (unpaired) electrons. The van der Waals surface area contributed by atoms with E-state index < -0.39 is 0 Å². The Morgan fingerprint density at radius 2 is 1.27 bits per heavy atom. The van der Waals surface area contributed by atoms with Gasteiger partial charge in [0.2, 0.25) is 0 Å². The standard InChI is InChI=1S/C15H24/c1-3-5-7-9-11-13-15-14-12-10-8-6-4-2/h3,7-10,13,15H,1,4-6,11-12,14H2,2H3. The largest absolute Gasteiger partial charge is 0.103 e. The van der Waals surface area contributed by atoms with Crippen LogP contribution in [0.5, 0.6) is 0 Å². The maximum Gasteiger partial charge on any atom is -0.0169 e. The number of rotatable bonds is 9. The topological polar surface area (TPSA) is 0 Å². The first-order valence-corrected chi connectivity index (χ1v) is 5.97. The lowest BCUT2D eigenvalue weighted by Crippen LogP contribution is -1.67. The molecule has 0 atom stereocenters. The molecule has 0 bridgehead atoms. The van der Waals surface area contributed by atoms with Gasteiger partial charge in [0.25, 0.3) is 0 Å². The Kier molecular flexibility index (Phi) is 12.1. The molecule has 0 aliphatic heterocycles. The van der Waals surface area contributed by atoms with Gasteiger partial charge in [0.15, 0.2) is 0 Å². The summed E-state index contributed by atoms with van der Waals surface area (Å²) in [6.07, 6.45) is 22.1. The summed E-state index contributed by atoms with van der Waals surface area (Å²) in [5.41, 5.74) is 0. The van der Waals surface area contributed by atoms with Gasteiger partial charge in [-0.1, -0.05) is 55.9 Å². The van der Waals surface area contributed by atoms with Gasteiger partial charge in [0.05, 0.1) is 0 Å². The van der Waals surface area contributed by atoms with Crippen LogP contribution < -0.4 is 0 Å². The van der Waals surface area contributed by atoms with E-state index in [0.717, 1.165) is 19.3 Å². The summed E-state index contributed by atoms with van der Waals surface area (Å²) in [5.74, 6) is 0. The Hall–Kier alpha value is -1.04. The minimum atomic E-state index is 0.980. The van der Waals surface area contributed by atoms with Crippen molar-refractivity contribution in [3.63, 3.8) is 0 Å². The summed E-state index contributed by atoms with van der Waals surface area (Å²) in [6.45, 7) is 5.87. The lowest BCUT2D eigenvalue weighted by molar-refractivity contribution is 0.943. The Morgan fingerprint density at radius 1 is 0.733 bits per heavy atom. The van der Waals surface area contributed by atoms with Crippen molar-refractivity contribution in [3.8, 4) is 0 Å². The van der Waals surface area contributed by atoms with Crippen LogP contribution in [-0.2, 0) is 0 Å². The van der Waals surface area contributed by atoms with Gasteiger partial charge in [0.1, 0.15) is 0 Å². The smallest absolute Gasteiger partial charge is 0.0169 e. The zero-order valence-electron chi connectivity index (χ0n) is 9.99. The predicted octanol–water partition coefficient (Wildman–Crippen LogP) is 5.20. The molecule has 0 heterocycles. The van der Waals surface area contributed by atoms with Gasteiger partial charge in [-0.3, -0.25) is 0 Å². The van der Waals surface area contributed by atoms with Crippen LogP contribution in [0.1, 0.15) is 45.4 Å². The number of hydrogen-bond donors (Lipinski definition) is 0. The molecule has 0 amide bonds. The van der Waals surface area contributed by atoms with E-state index in [1.54, 1.807) is 0 Å². The molecule has 0 aliphatic carbocycles. The van der Waals surface area contributed by atoms with Gasteiger partial charge in [-0.15, -0.1) is 6.58 Å². The van der Waals surface area contributed by atoms with Crippen molar-refractivity contribution in [1.82, 2.24) is 0 Å². The fraction of sp³-hybridized carbons (Fsp3) is 0.467. The molecule has 0 aromatic carbocycles. The Balaban J connectivity index is 3.27. The molecule has 0 saturated carbocycles. The molecule has 15 heavy (non-hydrogen) atoms. The van der Waals surface area contributed by atoms with E-state index in [0.29, 0.717) is 0 Å². The number of allylic oxidation sites excluding steroid dienone is 7. The summed E-state index contributed by atoms with van der Waals surface area (Å²) < 4.78 is 0. The van der Waals surface area contributed by atoms with Gasteiger partial charge >= 0.3 is 0 Å². The van der Waals surface area contributed by atoms with E-state index in [2.05, 4.69) is 50.0 Å². The van der Waals surface area contributed by atoms with Crippen LogP contribution in [0, 0.1) is 0 Å². The van der Waals surface area contributed by atoms with Gasteiger partial charge in [-0.25, -0.2) is 0 Å². The van der Waals surface area contributed by atoms with Crippen molar-refractivity contribution in [3.05, 3.63) is 49.1 Å². The lowest BCUT2D eigenvalue weighted by Gasteiger charge is -1.87. The molecule has 0 aliphatic rings. The molecule has 0 aromatic heterocycles. The van der Waals surface area contributed by atoms with Crippen molar-refractivity contribution >= 4 is 0 Å². The lowest BCUT2D eigenvalue weighted by atomic mass is 10.2. The molecule has 0 nitrogen and oxygen atoms in total. The molecule has 84 valence electrons. The summed E-state index contributed by atoms with van der Waals surface area (Å²) in [5, 5.41) is 0. The summed E-state index contributed by atoms with van der Waals surface area (Å²) in [7, 11) is 0. The van der Waals surface area contributed by atoms with Gasteiger partial charge < -0.3 is 0 Å². The van der Waals surface area contributed by atoms with Gasteiger partial charge in [0, 0.05) is 0 Å². The van der Waals surface area contributed by atoms with Crippen LogP contribution in [0.4, 0.5) is 0 Å². The quantitative estimate of drug-likeness (QED) is 0.357. The molecule has 0 N–H and O–H groups in total. The van der Waals surface area contributed by atoms with Crippen LogP contribution in [0.2, 0.25) is 0 Å². The zero-order chi connectivity index (χ0) is 11.2. The Morgan fingerprint density at radius 3 is 1.93 bits per heavy atom. The normalized spacial score (nSPS) is 12.1. The second kappa shape index (κ2) is 13.0. The van der Waals surface area contributed by atoms with Crippen molar-refractivity contribution in [2.45, 2.75) is 45.4 Å². The van der Waals surface area contributed by atoms with Gasteiger partial charge in [-0.2, -0.15) is 0 Å².